The van der Waals surface area contributed by atoms with Crippen LogP contribution in [-0.4, -0.2) is 28.6 Å². The molecule has 0 aliphatic carbocycles. The number of amides is 1. The molecule has 0 radical (unpaired) electrons. The Bertz CT molecular complexity index is 697. The fourth-order valence-corrected chi connectivity index (χ4v) is 2.13. The summed E-state index contributed by atoms with van der Waals surface area (Å²) in [6.45, 7) is 0.267. The van der Waals surface area contributed by atoms with E-state index in [2.05, 4.69) is 4.98 Å². The quantitative estimate of drug-likeness (QED) is 0.928. The van der Waals surface area contributed by atoms with Crippen molar-refractivity contribution in [2.45, 2.75) is 6.54 Å². The van der Waals surface area contributed by atoms with Crippen LogP contribution in [0.25, 0.3) is 0 Å². The fourth-order valence-electron chi connectivity index (χ4n) is 2.13. The van der Waals surface area contributed by atoms with E-state index in [0.717, 1.165) is 0 Å². The van der Waals surface area contributed by atoms with Crippen LogP contribution in [0.3, 0.4) is 0 Å². The third kappa shape index (κ3) is 2.55. The van der Waals surface area contributed by atoms with Crippen molar-refractivity contribution in [3.8, 4) is 5.75 Å². The number of rotatable bonds is 3. The van der Waals surface area contributed by atoms with Crippen molar-refractivity contribution in [3.05, 3.63) is 53.9 Å². The molecule has 21 heavy (non-hydrogen) atoms. The number of aromatic nitrogens is 1. The number of para-hydroxylation sites is 2. The normalized spacial score (nSPS) is 13.5. The Hall–Kier alpha value is -2.89. The minimum atomic E-state index is -1.03. The predicted octanol–water partition coefficient (Wildman–Crippen LogP) is 1.71. The molecule has 1 aliphatic rings. The van der Waals surface area contributed by atoms with Gasteiger partial charge in [-0.25, -0.2) is 4.79 Å². The molecule has 1 amide bonds. The lowest BCUT2D eigenvalue weighted by Gasteiger charge is -2.29. The lowest BCUT2D eigenvalue weighted by molar-refractivity contribution is -0.121. The van der Waals surface area contributed by atoms with E-state index in [1.807, 2.05) is 12.1 Å². The van der Waals surface area contributed by atoms with Crippen LogP contribution in [0, 0.1) is 0 Å². The number of hydrogen-bond donors (Lipinski definition) is 1. The van der Waals surface area contributed by atoms with Crippen molar-refractivity contribution < 1.29 is 19.4 Å². The van der Waals surface area contributed by atoms with Crippen molar-refractivity contribution in [2.24, 2.45) is 0 Å². The molecule has 1 N–H and O–H groups in total. The third-order valence-electron chi connectivity index (χ3n) is 3.20. The van der Waals surface area contributed by atoms with Gasteiger partial charge in [0.2, 0.25) is 0 Å². The van der Waals surface area contributed by atoms with Gasteiger partial charge in [0.05, 0.1) is 23.5 Å². The van der Waals surface area contributed by atoms with Crippen molar-refractivity contribution >= 4 is 17.6 Å². The van der Waals surface area contributed by atoms with E-state index >= 15 is 0 Å². The monoisotopic (exact) mass is 284 g/mol. The number of benzene rings is 1. The van der Waals surface area contributed by atoms with Gasteiger partial charge in [0.15, 0.2) is 6.61 Å². The molecule has 6 heteroatoms. The van der Waals surface area contributed by atoms with E-state index in [1.54, 1.807) is 23.1 Å². The molecule has 0 unspecified atom stereocenters. The number of anilines is 1. The Kier molecular flexibility index (Phi) is 3.27. The van der Waals surface area contributed by atoms with E-state index in [9.17, 15) is 9.59 Å². The van der Waals surface area contributed by atoms with Crippen LogP contribution < -0.4 is 9.64 Å². The zero-order chi connectivity index (χ0) is 14.8. The second-order valence-corrected chi connectivity index (χ2v) is 4.58. The molecule has 0 bridgehead atoms. The number of carboxylic acid groups (broad SMARTS) is 1. The average molecular weight is 284 g/mol. The van der Waals surface area contributed by atoms with Crippen LogP contribution in [-0.2, 0) is 11.3 Å². The van der Waals surface area contributed by atoms with Gasteiger partial charge in [0.1, 0.15) is 5.75 Å². The second-order valence-electron chi connectivity index (χ2n) is 4.58. The number of hydrogen-bond acceptors (Lipinski definition) is 4. The Morgan fingerprint density at radius 2 is 2.10 bits per heavy atom. The highest BCUT2D eigenvalue weighted by Gasteiger charge is 2.25. The highest BCUT2D eigenvalue weighted by Crippen LogP contribution is 2.32. The number of carbonyl (C=O) groups is 2. The summed E-state index contributed by atoms with van der Waals surface area (Å²) in [5, 5.41) is 8.85. The van der Waals surface area contributed by atoms with Gasteiger partial charge in [0, 0.05) is 6.20 Å². The van der Waals surface area contributed by atoms with Crippen LogP contribution in [0.2, 0.25) is 0 Å². The highest BCUT2D eigenvalue weighted by molar-refractivity contribution is 5.97. The van der Waals surface area contributed by atoms with E-state index < -0.39 is 5.97 Å². The second kappa shape index (κ2) is 5.24. The molecule has 2 aromatic rings. The van der Waals surface area contributed by atoms with Crippen LogP contribution in [0.1, 0.15) is 16.1 Å². The van der Waals surface area contributed by atoms with E-state index in [0.29, 0.717) is 17.1 Å². The molecule has 1 aliphatic heterocycles. The molecule has 1 aromatic heterocycles. The Labute approximate surface area is 120 Å². The summed E-state index contributed by atoms with van der Waals surface area (Å²) in [5.41, 5.74) is 1.43. The summed E-state index contributed by atoms with van der Waals surface area (Å²) >= 11 is 0. The number of ether oxygens (including phenoxy) is 1. The van der Waals surface area contributed by atoms with Crippen LogP contribution in [0.15, 0.2) is 42.6 Å². The number of carboxylic acids is 1. The summed E-state index contributed by atoms with van der Waals surface area (Å²) < 4.78 is 5.36. The Morgan fingerprint density at radius 3 is 2.81 bits per heavy atom. The number of pyridine rings is 1. The first-order valence-corrected chi connectivity index (χ1v) is 6.35. The van der Waals surface area contributed by atoms with Crippen LogP contribution in [0.4, 0.5) is 5.69 Å². The molecule has 0 spiro atoms. The lowest BCUT2D eigenvalue weighted by Crippen LogP contribution is -2.38. The molecule has 1 aromatic carbocycles. The molecule has 6 nitrogen and oxygen atoms in total. The number of fused-ring (bicyclic) bond motifs is 1. The molecule has 106 valence electrons. The first-order valence-electron chi connectivity index (χ1n) is 6.35. The molecule has 0 saturated carbocycles. The van der Waals surface area contributed by atoms with Gasteiger partial charge in [-0.3, -0.25) is 14.7 Å². The SMILES string of the molecule is O=C(O)c1ccc(CN2C(=O)COc3ccccc32)nc1. The van der Waals surface area contributed by atoms with Crippen molar-refractivity contribution in [1.82, 2.24) is 4.98 Å². The van der Waals surface area contributed by atoms with E-state index in [4.69, 9.17) is 9.84 Å². The zero-order valence-corrected chi connectivity index (χ0v) is 11.0. The molecule has 0 saturated heterocycles. The first kappa shape index (κ1) is 13.1. The number of nitrogens with zero attached hydrogens (tertiary/aromatic N) is 2. The largest absolute Gasteiger partial charge is 0.482 e. The molecular weight excluding hydrogens is 272 g/mol. The predicted molar refractivity (Wildman–Crippen MR) is 74.3 cm³/mol. The zero-order valence-electron chi connectivity index (χ0n) is 11.0. The first-order chi connectivity index (χ1) is 10.1. The van der Waals surface area contributed by atoms with Gasteiger partial charge in [-0.1, -0.05) is 12.1 Å². The van der Waals surface area contributed by atoms with Gasteiger partial charge in [-0.05, 0) is 24.3 Å². The van der Waals surface area contributed by atoms with Crippen LogP contribution >= 0.6 is 0 Å². The molecular formula is C15H12N2O4. The lowest BCUT2D eigenvalue weighted by atomic mass is 10.2. The molecule has 2 heterocycles. The van der Waals surface area contributed by atoms with Gasteiger partial charge in [0.25, 0.3) is 5.91 Å². The summed E-state index contributed by atoms with van der Waals surface area (Å²) in [6, 6.07) is 10.4. The van der Waals surface area contributed by atoms with Gasteiger partial charge in [-0.15, -0.1) is 0 Å². The number of carbonyl (C=O) groups excluding carboxylic acids is 1. The smallest absolute Gasteiger partial charge is 0.337 e. The maximum Gasteiger partial charge on any atom is 0.337 e. The fraction of sp³-hybridized carbons (Fsp3) is 0.133. The summed E-state index contributed by atoms with van der Waals surface area (Å²) in [7, 11) is 0. The number of aromatic carboxylic acids is 1. The summed E-state index contributed by atoms with van der Waals surface area (Å²) in [6.07, 6.45) is 1.29. The standard InChI is InChI=1S/C15H12N2O4/c18-14-9-21-13-4-2-1-3-12(13)17(14)8-11-6-5-10(7-16-11)15(19)20/h1-7H,8-9H2,(H,19,20). The maximum atomic E-state index is 12.0. The summed E-state index contributed by atoms with van der Waals surface area (Å²) in [4.78, 5) is 28.5. The highest BCUT2D eigenvalue weighted by atomic mass is 16.5. The minimum absolute atomic E-state index is 0.00970. The molecule has 0 fully saturated rings. The van der Waals surface area contributed by atoms with E-state index in [-0.39, 0.29) is 24.6 Å². The van der Waals surface area contributed by atoms with Crippen molar-refractivity contribution in [1.29, 1.82) is 0 Å². The van der Waals surface area contributed by atoms with Gasteiger partial charge < -0.3 is 9.84 Å². The van der Waals surface area contributed by atoms with Gasteiger partial charge in [-0.2, -0.15) is 0 Å². The maximum absolute atomic E-state index is 12.0. The van der Waals surface area contributed by atoms with Crippen LogP contribution in [0.5, 0.6) is 5.75 Å². The summed E-state index contributed by atoms with van der Waals surface area (Å²) in [5.74, 6) is -0.529. The van der Waals surface area contributed by atoms with E-state index in [1.165, 1.54) is 12.3 Å². The third-order valence-corrected chi connectivity index (χ3v) is 3.20. The topological polar surface area (TPSA) is 79.7 Å². The van der Waals surface area contributed by atoms with Crippen molar-refractivity contribution in [3.63, 3.8) is 0 Å². The minimum Gasteiger partial charge on any atom is -0.482 e. The Balaban J connectivity index is 1.87. The molecule has 3 rings (SSSR count). The average Bonchev–Trinajstić information content (AvgIpc) is 2.51. The molecule has 0 atom stereocenters. The van der Waals surface area contributed by atoms with Crippen molar-refractivity contribution in [2.75, 3.05) is 11.5 Å². The van der Waals surface area contributed by atoms with Gasteiger partial charge >= 0.3 is 5.97 Å². The Morgan fingerprint density at radius 1 is 1.29 bits per heavy atom.